The summed E-state index contributed by atoms with van der Waals surface area (Å²) in [5.74, 6) is 0. The van der Waals surface area contributed by atoms with Crippen molar-refractivity contribution in [2.75, 3.05) is 4.90 Å². The van der Waals surface area contributed by atoms with Gasteiger partial charge in [-0.25, -0.2) is 0 Å². The summed E-state index contributed by atoms with van der Waals surface area (Å²) in [5.41, 5.74) is 27.1. The van der Waals surface area contributed by atoms with Crippen LogP contribution in [0.5, 0.6) is 0 Å². The molecule has 2 heteroatoms. The maximum absolute atomic E-state index is 2.47. The van der Waals surface area contributed by atoms with Crippen LogP contribution >= 0.6 is 0 Å². The molecule has 0 bridgehead atoms. The predicted molar refractivity (Wildman–Crippen MR) is 312 cm³/mol. The highest BCUT2D eigenvalue weighted by molar-refractivity contribution is 6.12. The molecule has 0 radical (unpaired) electrons. The highest BCUT2D eigenvalue weighted by Crippen LogP contribution is 2.53. The Morgan fingerprint density at radius 3 is 1.27 bits per heavy atom. The molecule has 2 aliphatic carbocycles. The van der Waals surface area contributed by atoms with Crippen LogP contribution < -0.4 is 4.90 Å². The summed E-state index contributed by atoms with van der Waals surface area (Å²) in [6, 6.07) is 94.5. The summed E-state index contributed by atoms with van der Waals surface area (Å²) >= 11 is 0. The van der Waals surface area contributed by atoms with Crippen molar-refractivity contribution in [3.8, 4) is 72.4 Å². The third kappa shape index (κ3) is 6.86. The van der Waals surface area contributed by atoms with Gasteiger partial charge in [-0.15, -0.1) is 0 Å². The molecule has 0 fully saturated rings. The van der Waals surface area contributed by atoms with Gasteiger partial charge in [0.25, 0.3) is 0 Å². The fourth-order valence-electron chi connectivity index (χ4n) is 12.6. The molecule has 0 saturated carbocycles. The van der Waals surface area contributed by atoms with Crippen molar-refractivity contribution < 1.29 is 0 Å². The highest BCUT2D eigenvalue weighted by atomic mass is 15.1. The number of benzene rings is 11. The number of fused-ring (bicyclic) bond motifs is 9. The molecule has 1 aromatic heterocycles. The van der Waals surface area contributed by atoms with E-state index in [2.05, 4.69) is 292 Å². The van der Waals surface area contributed by atoms with Crippen LogP contribution in [0.25, 0.3) is 94.3 Å². The van der Waals surface area contributed by atoms with Crippen LogP contribution in [0.4, 0.5) is 17.1 Å². The number of nitrogens with zero attached hydrogens (tertiary/aromatic N) is 2. The number of anilines is 3. The van der Waals surface area contributed by atoms with Crippen molar-refractivity contribution in [2.24, 2.45) is 0 Å². The van der Waals surface area contributed by atoms with Crippen molar-refractivity contribution in [1.82, 2.24) is 4.57 Å². The Morgan fingerprint density at radius 1 is 0.270 bits per heavy atom. The third-order valence-corrected chi connectivity index (χ3v) is 16.4. The first-order valence-electron chi connectivity index (χ1n) is 26.0. The summed E-state index contributed by atoms with van der Waals surface area (Å²) in [5, 5.41) is 2.48. The molecular weight excluding hydrogens is 893 g/mol. The van der Waals surface area contributed by atoms with Crippen molar-refractivity contribution in [2.45, 2.75) is 38.5 Å². The molecule has 2 aliphatic rings. The SMILES string of the molecule is CC1(C)c2ccccc2-c2ccc(N(c3ccc(-c4ccc(-c5ccccc5-n5c6ccc(-c7ccccc7)cc6c6ccc(-c7ccccc7)cc65)cc4)cc3)c3ccc4c(c3)C(C)(C)c3ccccc3-4)cc21. The second-order valence-corrected chi connectivity index (χ2v) is 21.3. The van der Waals surface area contributed by atoms with Gasteiger partial charge in [0.2, 0.25) is 0 Å². The van der Waals surface area contributed by atoms with Gasteiger partial charge in [0, 0.05) is 44.2 Å². The largest absolute Gasteiger partial charge is 0.310 e. The number of hydrogen-bond acceptors (Lipinski definition) is 1. The van der Waals surface area contributed by atoms with Crippen LogP contribution in [0.2, 0.25) is 0 Å². The van der Waals surface area contributed by atoms with Crippen LogP contribution in [-0.4, -0.2) is 4.57 Å². The Bertz CT molecular complexity index is 4050. The van der Waals surface area contributed by atoms with E-state index in [0.29, 0.717) is 0 Å². The maximum atomic E-state index is 2.47. The summed E-state index contributed by atoms with van der Waals surface area (Å²) in [4.78, 5) is 2.46. The normalized spacial score (nSPS) is 13.6. The maximum Gasteiger partial charge on any atom is 0.0547 e. The van der Waals surface area contributed by atoms with Crippen LogP contribution in [-0.2, 0) is 10.8 Å². The smallest absolute Gasteiger partial charge is 0.0547 e. The van der Waals surface area contributed by atoms with Gasteiger partial charge in [0.1, 0.15) is 0 Å². The molecule has 1 heterocycles. The monoisotopic (exact) mass is 946 g/mol. The van der Waals surface area contributed by atoms with Gasteiger partial charge in [-0.1, -0.05) is 222 Å². The first-order chi connectivity index (χ1) is 36.2. The Kier molecular flexibility index (Phi) is 9.94. The molecule has 0 amide bonds. The Balaban J connectivity index is 0.841. The van der Waals surface area contributed by atoms with Gasteiger partial charge in [0.05, 0.1) is 16.7 Å². The van der Waals surface area contributed by atoms with E-state index >= 15 is 0 Å². The second kappa shape index (κ2) is 16.8. The zero-order valence-electron chi connectivity index (χ0n) is 42.1. The molecule has 0 spiro atoms. The standard InChI is InChI=1S/C72H54N2/c1-71(2)64-24-14-11-22-58(64)60-40-37-55(45-66(60)71)73(56-38-41-61-59-23-12-15-25-65(59)72(3,4)67(61)46-56)54-35-31-50(32-36-54)49-27-29-51(30-28-49)57-21-13-16-26-68(57)74-69-42-34-52(47-17-7-5-8-18-47)43-63(69)62-39-33-53(44-70(62)74)48-19-9-6-10-20-48/h5-46H,1-4H3. The molecule has 12 aromatic rings. The Hall–Kier alpha value is -8.98. The fourth-order valence-corrected chi connectivity index (χ4v) is 12.6. The van der Waals surface area contributed by atoms with Gasteiger partial charge < -0.3 is 9.47 Å². The van der Waals surface area contributed by atoms with E-state index in [0.717, 1.165) is 22.7 Å². The fraction of sp³-hybridized carbons (Fsp3) is 0.0833. The van der Waals surface area contributed by atoms with Crippen LogP contribution in [0.15, 0.2) is 255 Å². The number of para-hydroxylation sites is 1. The summed E-state index contributed by atoms with van der Waals surface area (Å²) in [7, 11) is 0. The number of rotatable bonds is 8. The van der Waals surface area contributed by atoms with Gasteiger partial charge in [-0.05, 0) is 144 Å². The lowest BCUT2D eigenvalue weighted by molar-refractivity contribution is 0.660. The van der Waals surface area contributed by atoms with Crippen molar-refractivity contribution >= 4 is 38.9 Å². The van der Waals surface area contributed by atoms with Gasteiger partial charge in [0.15, 0.2) is 0 Å². The summed E-state index contributed by atoms with van der Waals surface area (Å²) < 4.78 is 2.47. The third-order valence-electron chi connectivity index (χ3n) is 16.4. The van der Waals surface area contributed by atoms with E-state index in [1.807, 2.05) is 0 Å². The van der Waals surface area contributed by atoms with Crippen LogP contribution in [0.3, 0.4) is 0 Å². The summed E-state index contributed by atoms with van der Waals surface area (Å²) in [6.07, 6.45) is 0. The highest BCUT2D eigenvalue weighted by Gasteiger charge is 2.38. The lowest BCUT2D eigenvalue weighted by Crippen LogP contribution is -2.18. The molecule has 352 valence electrons. The Morgan fingerprint density at radius 2 is 0.689 bits per heavy atom. The minimum atomic E-state index is -0.117. The first-order valence-corrected chi connectivity index (χ1v) is 26.0. The first kappa shape index (κ1) is 43.8. The molecule has 0 unspecified atom stereocenters. The lowest BCUT2D eigenvalue weighted by atomic mass is 9.82. The predicted octanol–water partition coefficient (Wildman–Crippen LogP) is 19.5. The van der Waals surface area contributed by atoms with E-state index in [1.165, 1.54) is 111 Å². The molecular formula is C72H54N2. The van der Waals surface area contributed by atoms with Crippen LogP contribution in [0.1, 0.15) is 49.9 Å². The zero-order valence-corrected chi connectivity index (χ0v) is 42.1. The van der Waals surface area contributed by atoms with E-state index < -0.39 is 0 Å². The van der Waals surface area contributed by atoms with Crippen molar-refractivity contribution in [1.29, 1.82) is 0 Å². The van der Waals surface area contributed by atoms with Gasteiger partial charge in [-0.3, -0.25) is 0 Å². The Labute approximate surface area is 434 Å². The molecule has 0 aliphatic heterocycles. The minimum absolute atomic E-state index is 0.117. The number of hydrogen-bond donors (Lipinski definition) is 0. The molecule has 0 saturated heterocycles. The molecule has 2 nitrogen and oxygen atoms in total. The van der Waals surface area contributed by atoms with Gasteiger partial charge >= 0.3 is 0 Å². The van der Waals surface area contributed by atoms with E-state index in [4.69, 9.17) is 0 Å². The minimum Gasteiger partial charge on any atom is -0.310 e. The number of aromatic nitrogens is 1. The molecule has 0 atom stereocenters. The average molecular weight is 947 g/mol. The van der Waals surface area contributed by atoms with E-state index in [1.54, 1.807) is 0 Å². The quantitative estimate of drug-likeness (QED) is 0.147. The van der Waals surface area contributed by atoms with E-state index in [-0.39, 0.29) is 10.8 Å². The van der Waals surface area contributed by atoms with Crippen LogP contribution in [0, 0.1) is 0 Å². The summed E-state index contributed by atoms with van der Waals surface area (Å²) in [6.45, 7) is 9.47. The average Bonchev–Trinajstić information content (AvgIpc) is 3.99. The van der Waals surface area contributed by atoms with Crippen molar-refractivity contribution in [3.05, 3.63) is 277 Å². The topological polar surface area (TPSA) is 8.17 Å². The molecule has 0 N–H and O–H groups in total. The lowest BCUT2D eigenvalue weighted by Gasteiger charge is -2.30. The second-order valence-electron chi connectivity index (χ2n) is 21.3. The van der Waals surface area contributed by atoms with Gasteiger partial charge in [-0.2, -0.15) is 0 Å². The molecule has 74 heavy (non-hydrogen) atoms. The molecule has 11 aromatic carbocycles. The van der Waals surface area contributed by atoms with E-state index in [9.17, 15) is 0 Å². The molecule has 14 rings (SSSR count). The van der Waals surface area contributed by atoms with Crippen molar-refractivity contribution in [3.63, 3.8) is 0 Å². The zero-order chi connectivity index (χ0) is 49.7.